The van der Waals surface area contributed by atoms with Gasteiger partial charge >= 0.3 is 5.97 Å². The predicted molar refractivity (Wildman–Crippen MR) is 132 cm³/mol. The van der Waals surface area contributed by atoms with Gasteiger partial charge in [0.25, 0.3) is 0 Å². The Labute approximate surface area is 210 Å². The Hall–Kier alpha value is -2.27. The number of hydrogen-bond acceptors (Lipinski definition) is 8. The molecule has 2 heterocycles. The fourth-order valence-corrected chi connectivity index (χ4v) is 6.13. The van der Waals surface area contributed by atoms with E-state index in [2.05, 4.69) is 0 Å². The highest BCUT2D eigenvalue weighted by Crippen LogP contribution is 2.27. The number of Topliss-reactive ketones (excluding diaryl/α,β-unsaturated/α-hetero) is 1. The molecule has 0 saturated carbocycles. The second-order valence-electron chi connectivity index (χ2n) is 7.38. The molecule has 2 aromatic rings. The van der Waals surface area contributed by atoms with Gasteiger partial charge in [-0.15, -0.1) is 12.4 Å². The fourth-order valence-electron chi connectivity index (χ4n) is 4.00. The number of carboxylic acid groups (broad SMARTS) is 1. The summed E-state index contributed by atoms with van der Waals surface area (Å²) in [6.07, 6.45) is 0.911. The van der Waals surface area contributed by atoms with Crippen molar-refractivity contribution in [2.24, 2.45) is 35.8 Å². The summed E-state index contributed by atoms with van der Waals surface area (Å²) >= 11 is 0. The van der Waals surface area contributed by atoms with Crippen molar-refractivity contribution < 1.29 is 31.5 Å². The lowest BCUT2D eigenvalue weighted by Crippen LogP contribution is -2.18. The van der Waals surface area contributed by atoms with Crippen LogP contribution in [-0.2, 0) is 60.1 Å². The molecule has 0 aliphatic heterocycles. The number of aromatic nitrogens is 2. The van der Waals surface area contributed by atoms with E-state index in [4.69, 9.17) is 26.9 Å². The van der Waals surface area contributed by atoms with Crippen LogP contribution in [0, 0.1) is 0 Å². The molecule has 0 bridgehead atoms. The van der Waals surface area contributed by atoms with Gasteiger partial charge in [-0.3, -0.25) is 4.79 Å². The van der Waals surface area contributed by atoms with Crippen LogP contribution in [0.2, 0.25) is 0 Å². The zero-order valence-electron chi connectivity index (χ0n) is 20.2. The molecular formula is C19H33ClN6O7S2. The number of sulfonamides is 2. The third-order valence-corrected chi connectivity index (χ3v) is 7.38. The summed E-state index contributed by atoms with van der Waals surface area (Å²) < 4.78 is 49.2. The minimum absolute atomic E-state index is 0. The lowest BCUT2D eigenvalue weighted by atomic mass is 10.1. The third-order valence-electron chi connectivity index (χ3n) is 5.37. The number of ketones is 1. The lowest BCUT2D eigenvalue weighted by molar-refractivity contribution is 0.0691. The van der Waals surface area contributed by atoms with Crippen molar-refractivity contribution in [3.63, 3.8) is 0 Å². The number of carbonyl (C=O) groups is 2. The van der Waals surface area contributed by atoms with Gasteiger partial charge in [-0.1, -0.05) is 13.8 Å². The maximum absolute atomic E-state index is 11.6. The number of nitrogens with zero attached hydrogens (tertiary/aromatic N) is 2. The van der Waals surface area contributed by atoms with Gasteiger partial charge < -0.3 is 25.7 Å². The molecule has 0 amide bonds. The first kappa shape index (κ1) is 32.7. The first-order valence-electron chi connectivity index (χ1n) is 10.1. The molecule has 0 fully saturated rings. The van der Waals surface area contributed by atoms with Crippen LogP contribution in [0.4, 0.5) is 0 Å². The van der Waals surface area contributed by atoms with Gasteiger partial charge in [0.15, 0.2) is 5.78 Å². The lowest BCUT2D eigenvalue weighted by Gasteiger charge is -2.04. The maximum Gasteiger partial charge on any atom is 0.338 e. The smallest absolute Gasteiger partial charge is 0.338 e. The van der Waals surface area contributed by atoms with Crippen molar-refractivity contribution in [3.8, 4) is 0 Å². The highest BCUT2D eigenvalue weighted by atomic mass is 35.5. The van der Waals surface area contributed by atoms with E-state index in [1.165, 1.54) is 11.5 Å². The van der Waals surface area contributed by atoms with Crippen molar-refractivity contribution in [2.75, 3.05) is 0 Å². The SMILES string of the molecule is CCc1c(C(=O)O)c(S(N)(=O)=O)c(CN)n1C.CCc1c(C(C)=O)c(S(N)(=O)=O)c(CN)n1C.Cl. The van der Waals surface area contributed by atoms with E-state index in [-0.39, 0.29) is 57.9 Å². The average molecular weight is 557 g/mol. The van der Waals surface area contributed by atoms with Crippen LogP contribution in [0.5, 0.6) is 0 Å². The minimum atomic E-state index is -4.11. The topological polar surface area (TPSA) is 237 Å². The molecule has 2 aromatic heterocycles. The van der Waals surface area contributed by atoms with Crippen LogP contribution in [0.1, 0.15) is 64.3 Å². The van der Waals surface area contributed by atoms with Gasteiger partial charge in [0.05, 0.1) is 17.0 Å². The molecule has 0 saturated heterocycles. The maximum atomic E-state index is 11.6. The van der Waals surface area contributed by atoms with Gasteiger partial charge in [0, 0.05) is 38.6 Å². The predicted octanol–water partition coefficient (Wildman–Crippen LogP) is -0.290. The average Bonchev–Trinajstić information content (AvgIpc) is 3.18. The molecule has 9 N–H and O–H groups in total. The van der Waals surface area contributed by atoms with E-state index in [0.29, 0.717) is 29.9 Å². The number of nitrogens with two attached hydrogens (primary N) is 4. The number of rotatable bonds is 8. The van der Waals surface area contributed by atoms with E-state index in [1.54, 1.807) is 25.6 Å². The summed E-state index contributed by atoms with van der Waals surface area (Å²) in [5.74, 6) is -1.64. The molecule has 35 heavy (non-hydrogen) atoms. The minimum Gasteiger partial charge on any atom is -0.478 e. The Morgan fingerprint density at radius 2 is 1.09 bits per heavy atom. The number of halogens is 1. The molecule has 0 aliphatic carbocycles. The normalized spacial score (nSPS) is 11.5. The van der Waals surface area contributed by atoms with E-state index in [1.807, 2.05) is 6.92 Å². The molecule has 0 atom stereocenters. The highest BCUT2D eigenvalue weighted by molar-refractivity contribution is 7.89. The van der Waals surface area contributed by atoms with Crippen LogP contribution in [-0.4, -0.2) is 42.8 Å². The first-order chi connectivity index (χ1) is 15.5. The number of primary sulfonamides is 2. The van der Waals surface area contributed by atoms with Gasteiger partial charge in [-0.25, -0.2) is 31.9 Å². The summed E-state index contributed by atoms with van der Waals surface area (Å²) in [4.78, 5) is 22.2. The molecule has 13 nitrogen and oxygen atoms in total. The van der Waals surface area contributed by atoms with Crippen molar-refractivity contribution in [3.05, 3.63) is 33.9 Å². The van der Waals surface area contributed by atoms with Crippen LogP contribution < -0.4 is 21.7 Å². The van der Waals surface area contributed by atoms with Crippen LogP contribution in [0.15, 0.2) is 9.79 Å². The first-order valence-corrected chi connectivity index (χ1v) is 13.2. The van der Waals surface area contributed by atoms with Crippen molar-refractivity contribution in [1.82, 2.24) is 9.13 Å². The molecule has 200 valence electrons. The monoisotopic (exact) mass is 556 g/mol. The Bertz CT molecular complexity index is 1230. The molecule has 0 spiro atoms. The number of aromatic carboxylic acids is 1. The Morgan fingerprint density at radius 3 is 1.31 bits per heavy atom. The van der Waals surface area contributed by atoms with E-state index < -0.39 is 26.0 Å². The molecule has 0 unspecified atom stereocenters. The number of hydrogen-bond donors (Lipinski definition) is 5. The Balaban J connectivity index is 0.000000642. The standard InChI is InChI=1S/C10H17N3O3S.C9H15N3O4S.ClH/c1-4-7-9(6(2)14)10(17(12,15)16)8(5-11)13(7)3;1-3-5-7(9(13)14)8(17(11,15)16)6(4-10)12(5)2;/h4-5,11H2,1-3H3,(H2,12,15,16);3-4,10H2,1-2H3,(H,13,14)(H2,11,15,16);1H. The largest absolute Gasteiger partial charge is 0.478 e. The summed E-state index contributed by atoms with van der Waals surface area (Å²) in [6.45, 7) is 4.82. The molecular weight excluding hydrogens is 524 g/mol. The molecule has 0 radical (unpaired) electrons. The third kappa shape index (κ3) is 6.49. The van der Waals surface area contributed by atoms with Gasteiger partial charge in [0.1, 0.15) is 15.4 Å². The zero-order valence-corrected chi connectivity index (χ0v) is 22.6. The fraction of sp³-hybridized carbons (Fsp3) is 0.474. The highest BCUT2D eigenvalue weighted by Gasteiger charge is 2.30. The quantitative estimate of drug-likeness (QED) is 0.268. The number of carboxylic acids is 1. The van der Waals surface area contributed by atoms with Gasteiger partial charge in [0.2, 0.25) is 20.0 Å². The molecule has 16 heteroatoms. The summed E-state index contributed by atoms with van der Waals surface area (Å²) in [7, 11) is -4.82. The van der Waals surface area contributed by atoms with E-state index >= 15 is 0 Å². The zero-order chi connectivity index (χ0) is 26.8. The summed E-state index contributed by atoms with van der Waals surface area (Å²) in [6, 6.07) is 0. The van der Waals surface area contributed by atoms with E-state index in [0.717, 1.165) is 0 Å². The Kier molecular flexibility index (Phi) is 11.3. The van der Waals surface area contributed by atoms with Crippen molar-refractivity contribution in [2.45, 2.75) is 56.5 Å². The second kappa shape index (κ2) is 12.1. The van der Waals surface area contributed by atoms with Gasteiger partial charge in [-0.2, -0.15) is 0 Å². The van der Waals surface area contributed by atoms with Crippen LogP contribution >= 0.6 is 12.4 Å². The van der Waals surface area contributed by atoms with Crippen LogP contribution in [0.3, 0.4) is 0 Å². The van der Waals surface area contributed by atoms with Gasteiger partial charge in [-0.05, 0) is 19.8 Å². The summed E-state index contributed by atoms with van der Waals surface area (Å²) in [5, 5.41) is 19.3. The van der Waals surface area contributed by atoms with E-state index in [9.17, 15) is 26.4 Å². The Morgan fingerprint density at radius 1 is 0.771 bits per heavy atom. The number of carbonyl (C=O) groups excluding carboxylic acids is 1. The van der Waals surface area contributed by atoms with Crippen LogP contribution in [0.25, 0.3) is 0 Å². The second-order valence-corrected chi connectivity index (χ2v) is 10.4. The molecule has 0 aliphatic rings. The van der Waals surface area contributed by atoms with Crippen molar-refractivity contribution >= 4 is 44.2 Å². The molecule has 0 aromatic carbocycles. The van der Waals surface area contributed by atoms with Crippen molar-refractivity contribution in [1.29, 1.82) is 0 Å². The molecule has 2 rings (SSSR count). The summed E-state index contributed by atoms with van der Waals surface area (Å²) in [5.41, 5.74) is 12.5.